The van der Waals surface area contributed by atoms with Crippen molar-refractivity contribution in [2.24, 2.45) is 5.84 Å². The van der Waals surface area contributed by atoms with Gasteiger partial charge in [0.15, 0.2) is 0 Å². The van der Waals surface area contributed by atoms with Crippen molar-refractivity contribution >= 4 is 0 Å². The third-order valence-corrected chi connectivity index (χ3v) is 2.38. The molecule has 2 heterocycles. The highest BCUT2D eigenvalue weighted by Crippen LogP contribution is 2.26. The summed E-state index contributed by atoms with van der Waals surface area (Å²) in [5, 5.41) is 0. The predicted molar refractivity (Wildman–Crippen MR) is 56.1 cm³/mol. The summed E-state index contributed by atoms with van der Waals surface area (Å²) in [5.74, 6) is 8.02. The van der Waals surface area contributed by atoms with Gasteiger partial charge in [-0.3, -0.25) is 5.84 Å². The molecule has 0 aliphatic heterocycles. The Hall–Kier alpha value is -1.52. The Morgan fingerprint density at radius 2 is 2.20 bits per heavy atom. The fourth-order valence-electron chi connectivity index (χ4n) is 1.72. The number of furan rings is 2. The highest BCUT2D eigenvalue weighted by Gasteiger charge is 2.19. The minimum Gasteiger partial charge on any atom is -0.467 e. The molecule has 2 aromatic rings. The van der Waals surface area contributed by atoms with Crippen molar-refractivity contribution < 1.29 is 8.83 Å². The number of hydrazine groups is 1. The number of hydrogen-bond acceptors (Lipinski definition) is 4. The quantitative estimate of drug-likeness (QED) is 0.595. The lowest BCUT2D eigenvalue weighted by molar-refractivity contribution is 0.442. The second-order valence-corrected chi connectivity index (χ2v) is 3.48. The smallest absolute Gasteiger partial charge is 0.126 e. The van der Waals surface area contributed by atoms with Gasteiger partial charge in [0.2, 0.25) is 0 Å². The van der Waals surface area contributed by atoms with Crippen LogP contribution >= 0.6 is 0 Å². The molecule has 4 nitrogen and oxygen atoms in total. The van der Waals surface area contributed by atoms with Gasteiger partial charge >= 0.3 is 0 Å². The Balaban J connectivity index is 2.39. The van der Waals surface area contributed by atoms with E-state index < -0.39 is 0 Å². The van der Waals surface area contributed by atoms with Gasteiger partial charge in [0, 0.05) is 5.56 Å². The van der Waals surface area contributed by atoms with E-state index in [2.05, 4.69) is 5.43 Å². The Bertz CT molecular complexity index is 431. The van der Waals surface area contributed by atoms with Crippen molar-refractivity contribution in [2.45, 2.75) is 19.9 Å². The zero-order chi connectivity index (χ0) is 10.8. The number of hydrogen-bond donors (Lipinski definition) is 2. The second kappa shape index (κ2) is 3.92. The van der Waals surface area contributed by atoms with Crippen LogP contribution < -0.4 is 11.3 Å². The first-order chi connectivity index (χ1) is 7.22. The van der Waals surface area contributed by atoms with E-state index >= 15 is 0 Å². The Kier molecular flexibility index (Phi) is 2.62. The summed E-state index contributed by atoms with van der Waals surface area (Å²) in [6.07, 6.45) is 1.63. The molecule has 15 heavy (non-hydrogen) atoms. The van der Waals surface area contributed by atoms with Gasteiger partial charge in [0.1, 0.15) is 23.3 Å². The lowest BCUT2D eigenvalue weighted by Gasteiger charge is -2.11. The summed E-state index contributed by atoms with van der Waals surface area (Å²) in [5.41, 5.74) is 3.73. The summed E-state index contributed by atoms with van der Waals surface area (Å²) in [6.45, 7) is 3.82. The van der Waals surface area contributed by atoms with Crippen LogP contribution in [0.25, 0.3) is 0 Å². The minimum absolute atomic E-state index is 0.155. The molecule has 0 saturated carbocycles. The first kappa shape index (κ1) is 10.0. The number of nitrogens with one attached hydrogen (secondary N) is 1. The van der Waals surface area contributed by atoms with Crippen molar-refractivity contribution in [2.75, 3.05) is 0 Å². The number of nitrogens with two attached hydrogens (primary N) is 1. The maximum Gasteiger partial charge on any atom is 0.126 e. The summed E-state index contributed by atoms with van der Waals surface area (Å²) in [4.78, 5) is 0. The third kappa shape index (κ3) is 1.82. The largest absolute Gasteiger partial charge is 0.467 e. The van der Waals surface area contributed by atoms with E-state index in [1.54, 1.807) is 6.26 Å². The normalized spacial score (nSPS) is 13.0. The Morgan fingerprint density at radius 3 is 2.67 bits per heavy atom. The summed E-state index contributed by atoms with van der Waals surface area (Å²) >= 11 is 0. The summed E-state index contributed by atoms with van der Waals surface area (Å²) < 4.78 is 10.8. The molecule has 0 spiro atoms. The van der Waals surface area contributed by atoms with Gasteiger partial charge in [-0.15, -0.1) is 0 Å². The SMILES string of the molecule is Cc1cc(C(NN)c2ccco2)c(C)o1. The summed E-state index contributed by atoms with van der Waals surface area (Å²) in [6, 6.07) is 5.52. The van der Waals surface area contributed by atoms with Gasteiger partial charge in [-0.2, -0.15) is 0 Å². The zero-order valence-corrected chi connectivity index (χ0v) is 8.78. The predicted octanol–water partition coefficient (Wildman–Crippen LogP) is 2.04. The highest BCUT2D eigenvalue weighted by atomic mass is 16.3. The van der Waals surface area contributed by atoms with Gasteiger partial charge < -0.3 is 8.83 Å². The molecule has 4 heteroatoms. The second-order valence-electron chi connectivity index (χ2n) is 3.48. The first-order valence-electron chi connectivity index (χ1n) is 4.79. The van der Waals surface area contributed by atoms with Crippen LogP contribution in [0, 0.1) is 13.8 Å². The average molecular weight is 206 g/mol. The van der Waals surface area contributed by atoms with Gasteiger partial charge in [0.25, 0.3) is 0 Å². The van der Waals surface area contributed by atoms with Crippen molar-refractivity contribution in [3.8, 4) is 0 Å². The van der Waals surface area contributed by atoms with Crippen LogP contribution in [0.15, 0.2) is 33.3 Å². The lowest BCUT2D eigenvalue weighted by Crippen LogP contribution is -2.28. The molecule has 0 radical (unpaired) electrons. The Labute approximate surface area is 88.0 Å². The molecule has 0 amide bonds. The van der Waals surface area contributed by atoms with Gasteiger partial charge in [-0.25, -0.2) is 5.43 Å². The molecule has 0 fully saturated rings. The zero-order valence-electron chi connectivity index (χ0n) is 8.78. The van der Waals surface area contributed by atoms with Crippen molar-refractivity contribution in [3.05, 3.63) is 47.3 Å². The molecular formula is C11H14N2O2. The molecule has 1 unspecified atom stereocenters. The molecule has 2 aromatic heterocycles. The van der Waals surface area contributed by atoms with E-state index in [0.29, 0.717) is 0 Å². The van der Waals surface area contributed by atoms with E-state index in [-0.39, 0.29) is 6.04 Å². The van der Waals surface area contributed by atoms with Gasteiger partial charge in [-0.05, 0) is 32.0 Å². The molecular weight excluding hydrogens is 192 g/mol. The Morgan fingerprint density at radius 1 is 1.40 bits per heavy atom. The van der Waals surface area contributed by atoms with Crippen molar-refractivity contribution in [1.29, 1.82) is 0 Å². The maximum atomic E-state index is 5.52. The monoisotopic (exact) mass is 206 g/mol. The standard InChI is InChI=1S/C11H14N2O2/c1-7-6-9(8(2)15-7)11(13-12)10-4-3-5-14-10/h3-6,11,13H,12H2,1-2H3. The van der Waals surface area contributed by atoms with E-state index in [1.807, 2.05) is 32.0 Å². The fraction of sp³-hybridized carbons (Fsp3) is 0.273. The average Bonchev–Trinajstić information content (AvgIpc) is 2.79. The van der Waals surface area contributed by atoms with E-state index in [0.717, 1.165) is 22.8 Å². The van der Waals surface area contributed by atoms with Crippen LogP contribution in [-0.2, 0) is 0 Å². The molecule has 0 aliphatic rings. The third-order valence-electron chi connectivity index (χ3n) is 2.38. The van der Waals surface area contributed by atoms with Crippen LogP contribution in [0.1, 0.15) is 28.9 Å². The van der Waals surface area contributed by atoms with Crippen LogP contribution in [0.2, 0.25) is 0 Å². The lowest BCUT2D eigenvalue weighted by atomic mass is 10.1. The molecule has 1 atom stereocenters. The maximum absolute atomic E-state index is 5.52. The first-order valence-corrected chi connectivity index (χ1v) is 4.79. The molecule has 0 aliphatic carbocycles. The molecule has 3 N–H and O–H groups in total. The van der Waals surface area contributed by atoms with E-state index in [4.69, 9.17) is 14.7 Å². The van der Waals surface area contributed by atoms with Gasteiger partial charge in [-0.1, -0.05) is 0 Å². The van der Waals surface area contributed by atoms with Crippen LogP contribution in [0.3, 0.4) is 0 Å². The van der Waals surface area contributed by atoms with E-state index in [9.17, 15) is 0 Å². The molecule has 0 bridgehead atoms. The van der Waals surface area contributed by atoms with Crippen LogP contribution in [-0.4, -0.2) is 0 Å². The number of aryl methyl sites for hydroxylation is 2. The van der Waals surface area contributed by atoms with Crippen molar-refractivity contribution in [3.63, 3.8) is 0 Å². The molecule has 0 aromatic carbocycles. The topological polar surface area (TPSA) is 64.3 Å². The summed E-state index contributed by atoms with van der Waals surface area (Å²) in [7, 11) is 0. The molecule has 2 rings (SSSR count). The van der Waals surface area contributed by atoms with E-state index in [1.165, 1.54) is 0 Å². The molecule has 0 saturated heterocycles. The fourth-order valence-corrected chi connectivity index (χ4v) is 1.72. The number of rotatable bonds is 3. The molecule has 80 valence electrons. The van der Waals surface area contributed by atoms with Crippen LogP contribution in [0.4, 0.5) is 0 Å². The highest BCUT2D eigenvalue weighted by molar-refractivity contribution is 5.30. The minimum atomic E-state index is -0.155. The van der Waals surface area contributed by atoms with Crippen molar-refractivity contribution in [1.82, 2.24) is 5.43 Å². The van der Waals surface area contributed by atoms with Crippen LogP contribution in [0.5, 0.6) is 0 Å². The van der Waals surface area contributed by atoms with Gasteiger partial charge in [0.05, 0.1) is 6.26 Å².